The summed E-state index contributed by atoms with van der Waals surface area (Å²) in [5.74, 6) is 1.08. The Kier molecular flexibility index (Phi) is 4.40. The molecule has 0 unspecified atom stereocenters. The standard InChI is InChI=1S/C15H19N3O2/c1-11(2)10-18-9-8-17-14(15(18)19)20-13-6-4-12(16-3)5-7-13/h4-9,11,16H,10H2,1-3H3. The largest absolute Gasteiger partial charge is 0.435 e. The molecule has 1 heterocycles. The predicted molar refractivity (Wildman–Crippen MR) is 79.4 cm³/mol. The van der Waals surface area contributed by atoms with Crippen LogP contribution in [0.25, 0.3) is 0 Å². The molecule has 0 amide bonds. The lowest BCUT2D eigenvalue weighted by Crippen LogP contribution is -2.23. The number of hydrogen-bond acceptors (Lipinski definition) is 4. The number of ether oxygens (including phenoxy) is 1. The third-order valence-corrected chi connectivity index (χ3v) is 2.80. The summed E-state index contributed by atoms with van der Waals surface area (Å²) in [7, 11) is 1.85. The van der Waals surface area contributed by atoms with Crippen molar-refractivity contribution in [3.63, 3.8) is 0 Å². The number of anilines is 1. The van der Waals surface area contributed by atoms with Crippen LogP contribution in [-0.4, -0.2) is 16.6 Å². The van der Waals surface area contributed by atoms with E-state index >= 15 is 0 Å². The first-order valence-corrected chi connectivity index (χ1v) is 6.61. The highest BCUT2D eigenvalue weighted by atomic mass is 16.5. The monoisotopic (exact) mass is 273 g/mol. The van der Waals surface area contributed by atoms with Crippen molar-refractivity contribution in [3.05, 3.63) is 47.0 Å². The van der Waals surface area contributed by atoms with Gasteiger partial charge in [0.05, 0.1) is 0 Å². The Labute approximate surface area is 118 Å². The van der Waals surface area contributed by atoms with Gasteiger partial charge in [0.1, 0.15) is 5.75 Å². The van der Waals surface area contributed by atoms with E-state index in [0.29, 0.717) is 18.2 Å². The van der Waals surface area contributed by atoms with Crippen molar-refractivity contribution in [3.8, 4) is 11.6 Å². The van der Waals surface area contributed by atoms with Crippen molar-refractivity contribution in [2.45, 2.75) is 20.4 Å². The van der Waals surface area contributed by atoms with E-state index in [4.69, 9.17) is 4.74 Å². The SMILES string of the molecule is CNc1ccc(Oc2nccn(CC(C)C)c2=O)cc1. The van der Waals surface area contributed by atoms with Crippen LogP contribution in [0.3, 0.4) is 0 Å². The van der Waals surface area contributed by atoms with Crippen molar-refractivity contribution in [1.82, 2.24) is 9.55 Å². The fourth-order valence-corrected chi connectivity index (χ4v) is 1.84. The molecule has 0 aliphatic rings. The van der Waals surface area contributed by atoms with Gasteiger partial charge in [-0.1, -0.05) is 13.8 Å². The summed E-state index contributed by atoms with van der Waals surface area (Å²) in [6.45, 7) is 4.77. The van der Waals surface area contributed by atoms with Gasteiger partial charge in [0, 0.05) is 31.7 Å². The van der Waals surface area contributed by atoms with Crippen molar-refractivity contribution >= 4 is 5.69 Å². The van der Waals surface area contributed by atoms with Crippen LogP contribution in [0.2, 0.25) is 0 Å². The van der Waals surface area contributed by atoms with Crippen LogP contribution >= 0.6 is 0 Å². The molecule has 0 saturated carbocycles. The van der Waals surface area contributed by atoms with Gasteiger partial charge >= 0.3 is 5.56 Å². The van der Waals surface area contributed by atoms with Crippen LogP contribution in [0.15, 0.2) is 41.5 Å². The first-order valence-electron chi connectivity index (χ1n) is 6.61. The lowest BCUT2D eigenvalue weighted by atomic mass is 10.2. The molecule has 2 rings (SSSR count). The van der Waals surface area contributed by atoms with Crippen molar-refractivity contribution < 1.29 is 4.74 Å². The summed E-state index contributed by atoms with van der Waals surface area (Å²) < 4.78 is 7.18. The first kappa shape index (κ1) is 14.1. The maximum absolute atomic E-state index is 12.2. The van der Waals surface area contributed by atoms with Crippen LogP contribution in [0.4, 0.5) is 5.69 Å². The molecule has 1 aromatic heterocycles. The zero-order chi connectivity index (χ0) is 14.5. The second kappa shape index (κ2) is 6.23. The fraction of sp³-hybridized carbons (Fsp3) is 0.333. The molecule has 2 aromatic rings. The molecule has 20 heavy (non-hydrogen) atoms. The second-order valence-electron chi connectivity index (χ2n) is 4.96. The molecular formula is C15H19N3O2. The molecule has 5 nitrogen and oxygen atoms in total. The Bertz CT molecular complexity index is 618. The molecular weight excluding hydrogens is 254 g/mol. The van der Waals surface area contributed by atoms with E-state index in [2.05, 4.69) is 24.1 Å². The Morgan fingerprint density at radius 2 is 2.00 bits per heavy atom. The molecule has 5 heteroatoms. The summed E-state index contributed by atoms with van der Waals surface area (Å²) in [5.41, 5.74) is 0.773. The Morgan fingerprint density at radius 3 is 2.60 bits per heavy atom. The zero-order valence-corrected chi connectivity index (χ0v) is 12.0. The molecule has 0 spiro atoms. The van der Waals surface area contributed by atoms with Crippen LogP contribution < -0.4 is 15.6 Å². The molecule has 0 fully saturated rings. The van der Waals surface area contributed by atoms with Gasteiger partial charge in [-0.15, -0.1) is 0 Å². The summed E-state index contributed by atoms with van der Waals surface area (Å²) in [5, 5.41) is 3.02. The molecule has 0 atom stereocenters. The average molecular weight is 273 g/mol. The van der Waals surface area contributed by atoms with E-state index in [1.165, 1.54) is 0 Å². The highest BCUT2D eigenvalue weighted by Gasteiger charge is 2.08. The van der Waals surface area contributed by atoms with Crippen LogP contribution in [0, 0.1) is 5.92 Å². The summed E-state index contributed by atoms with van der Waals surface area (Å²) >= 11 is 0. The molecule has 0 aliphatic carbocycles. The normalized spacial score (nSPS) is 10.6. The average Bonchev–Trinajstić information content (AvgIpc) is 2.43. The zero-order valence-electron chi connectivity index (χ0n) is 12.0. The van der Waals surface area contributed by atoms with Gasteiger partial charge in [0.25, 0.3) is 5.88 Å². The fourth-order valence-electron chi connectivity index (χ4n) is 1.84. The number of nitrogens with zero attached hydrogens (tertiary/aromatic N) is 2. The van der Waals surface area contributed by atoms with E-state index in [-0.39, 0.29) is 11.4 Å². The highest BCUT2D eigenvalue weighted by molar-refractivity contribution is 5.46. The molecule has 0 aliphatic heterocycles. The van der Waals surface area contributed by atoms with E-state index in [1.54, 1.807) is 29.1 Å². The number of rotatable bonds is 5. The van der Waals surface area contributed by atoms with E-state index in [9.17, 15) is 4.79 Å². The van der Waals surface area contributed by atoms with Gasteiger partial charge in [0.2, 0.25) is 0 Å². The van der Waals surface area contributed by atoms with E-state index in [1.807, 2.05) is 19.2 Å². The van der Waals surface area contributed by atoms with Gasteiger partial charge in [-0.25, -0.2) is 4.98 Å². The van der Waals surface area contributed by atoms with Crippen molar-refractivity contribution in [2.24, 2.45) is 5.92 Å². The van der Waals surface area contributed by atoms with Crippen LogP contribution in [0.1, 0.15) is 13.8 Å². The molecule has 0 bridgehead atoms. The summed E-state index contributed by atoms with van der Waals surface area (Å²) in [4.78, 5) is 16.2. The lowest BCUT2D eigenvalue weighted by molar-refractivity contribution is 0.432. The molecule has 0 radical (unpaired) electrons. The quantitative estimate of drug-likeness (QED) is 0.910. The van der Waals surface area contributed by atoms with Gasteiger partial charge in [-0.3, -0.25) is 4.79 Å². The maximum Gasteiger partial charge on any atom is 0.313 e. The van der Waals surface area contributed by atoms with Gasteiger partial charge in [0.15, 0.2) is 0 Å². The molecule has 106 valence electrons. The molecule has 0 saturated heterocycles. The lowest BCUT2D eigenvalue weighted by Gasteiger charge is -2.10. The first-order chi connectivity index (χ1) is 9.60. The summed E-state index contributed by atoms with van der Waals surface area (Å²) in [6.07, 6.45) is 3.26. The Balaban J connectivity index is 2.22. The van der Waals surface area contributed by atoms with Crippen molar-refractivity contribution in [2.75, 3.05) is 12.4 Å². The molecule has 1 aromatic carbocycles. The van der Waals surface area contributed by atoms with Crippen molar-refractivity contribution in [1.29, 1.82) is 0 Å². The van der Waals surface area contributed by atoms with E-state index in [0.717, 1.165) is 5.69 Å². The smallest absolute Gasteiger partial charge is 0.313 e. The summed E-state index contributed by atoms with van der Waals surface area (Å²) in [6, 6.07) is 7.36. The number of aromatic nitrogens is 2. The van der Waals surface area contributed by atoms with Crippen LogP contribution in [-0.2, 0) is 6.54 Å². The second-order valence-corrected chi connectivity index (χ2v) is 4.96. The number of nitrogens with one attached hydrogen (secondary N) is 1. The maximum atomic E-state index is 12.2. The number of benzene rings is 1. The predicted octanol–water partition coefficient (Wildman–Crippen LogP) is 2.73. The van der Waals surface area contributed by atoms with Gasteiger partial charge in [-0.2, -0.15) is 0 Å². The third kappa shape index (κ3) is 3.38. The minimum absolute atomic E-state index is 0.102. The third-order valence-electron chi connectivity index (χ3n) is 2.80. The Morgan fingerprint density at radius 1 is 1.30 bits per heavy atom. The molecule has 1 N–H and O–H groups in total. The topological polar surface area (TPSA) is 56.1 Å². The number of hydrogen-bond donors (Lipinski definition) is 1. The highest BCUT2D eigenvalue weighted by Crippen LogP contribution is 2.19. The Hall–Kier alpha value is -2.30. The van der Waals surface area contributed by atoms with Gasteiger partial charge in [-0.05, 0) is 30.2 Å². The van der Waals surface area contributed by atoms with Gasteiger partial charge < -0.3 is 14.6 Å². The van der Waals surface area contributed by atoms with Crippen LogP contribution in [0.5, 0.6) is 11.6 Å². The van der Waals surface area contributed by atoms with E-state index < -0.39 is 0 Å². The minimum Gasteiger partial charge on any atom is -0.435 e. The minimum atomic E-state index is -0.209.